The van der Waals surface area contributed by atoms with Gasteiger partial charge in [-0.1, -0.05) is 13.8 Å². The molecule has 4 heteroatoms. The van der Waals surface area contributed by atoms with Crippen molar-refractivity contribution in [3.8, 4) is 0 Å². The molecule has 0 saturated carbocycles. The molecular formula is C9H15BOS2. The summed E-state index contributed by atoms with van der Waals surface area (Å²) in [6.07, 6.45) is 0. The summed E-state index contributed by atoms with van der Waals surface area (Å²) in [7, 11) is 5.93. The van der Waals surface area contributed by atoms with Gasteiger partial charge in [0.1, 0.15) is 7.85 Å². The van der Waals surface area contributed by atoms with Crippen LogP contribution in [0.4, 0.5) is 0 Å². The van der Waals surface area contributed by atoms with Crippen molar-refractivity contribution in [1.82, 2.24) is 0 Å². The largest absolute Gasteiger partial charge is 0.378 e. The van der Waals surface area contributed by atoms with Gasteiger partial charge >= 0.3 is 0 Å². The quantitative estimate of drug-likeness (QED) is 0.552. The van der Waals surface area contributed by atoms with Gasteiger partial charge in [0.2, 0.25) is 0 Å². The van der Waals surface area contributed by atoms with Crippen LogP contribution in [-0.4, -0.2) is 36.2 Å². The first-order valence-electron chi connectivity index (χ1n) is 4.76. The Balaban J connectivity index is 2.26. The van der Waals surface area contributed by atoms with Gasteiger partial charge in [-0.05, 0) is 5.92 Å². The molecule has 0 spiro atoms. The lowest BCUT2D eigenvalue weighted by molar-refractivity contribution is -0.00479. The number of thioether (sulfide) groups is 1. The molecule has 4 atom stereocenters. The topological polar surface area (TPSA) is 9.23 Å². The van der Waals surface area contributed by atoms with Crippen LogP contribution in [0, 0.1) is 11.8 Å². The van der Waals surface area contributed by atoms with E-state index in [1.54, 1.807) is 0 Å². The number of rotatable bonds is 2. The maximum Gasteiger partial charge on any atom is 0.110 e. The number of fused-ring (bicyclic) bond motifs is 2. The van der Waals surface area contributed by atoms with Gasteiger partial charge < -0.3 is 4.74 Å². The van der Waals surface area contributed by atoms with Crippen LogP contribution in [0.3, 0.4) is 0 Å². The first-order valence-corrected chi connectivity index (χ1v) is 6.45. The van der Waals surface area contributed by atoms with Gasteiger partial charge in [0.05, 0.1) is 5.60 Å². The minimum Gasteiger partial charge on any atom is -0.378 e. The molecule has 2 saturated heterocycles. The number of ether oxygens (including phenoxy) is 1. The van der Waals surface area contributed by atoms with Gasteiger partial charge in [0.15, 0.2) is 0 Å². The summed E-state index contributed by atoms with van der Waals surface area (Å²) in [5.41, 5.74) is -0.0357. The standard InChI is InChI=1S/C9H15BOS2/c1-5(2)6-7-8(10)11-9(6,3-12)4-13-7/h5-8,12H,3-4H2,1-2H3/t6?,7?,8-,9+/m1/s1. The number of hydrogen-bond donors (Lipinski definition) is 1. The fraction of sp³-hybridized carbons (Fsp3) is 1.00. The second kappa shape index (κ2) is 3.39. The molecule has 0 amide bonds. The van der Waals surface area contributed by atoms with Crippen LogP contribution in [0.5, 0.6) is 0 Å². The zero-order valence-electron chi connectivity index (χ0n) is 8.06. The summed E-state index contributed by atoms with van der Waals surface area (Å²) in [5.74, 6) is 3.09. The minimum absolute atomic E-state index is 0.0357. The number of thiol groups is 1. The molecule has 2 fully saturated rings. The summed E-state index contributed by atoms with van der Waals surface area (Å²) in [5, 5.41) is 0.493. The first-order chi connectivity index (χ1) is 6.10. The average molecular weight is 214 g/mol. The van der Waals surface area contributed by atoms with E-state index in [2.05, 4.69) is 26.5 Å². The summed E-state index contributed by atoms with van der Waals surface area (Å²) in [6, 6.07) is -0.0710. The molecule has 1 nitrogen and oxygen atoms in total. The van der Waals surface area contributed by atoms with Crippen LogP contribution in [0.1, 0.15) is 13.8 Å². The van der Waals surface area contributed by atoms with Gasteiger partial charge in [0, 0.05) is 28.7 Å². The second-order valence-electron chi connectivity index (χ2n) is 4.35. The fourth-order valence-corrected chi connectivity index (χ4v) is 5.06. The highest BCUT2D eigenvalue weighted by Gasteiger charge is 2.58. The minimum atomic E-state index is -0.0710. The van der Waals surface area contributed by atoms with Crippen LogP contribution in [0.15, 0.2) is 0 Å². The van der Waals surface area contributed by atoms with Crippen molar-refractivity contribution in [2.75, 3.05) is 11.5 Å². The summed E-state index contributed by atoms with van der Waals surface area (Å²) in [6.45, 7) is 4.51. The van der Waals surface area contributed by atoms with Crippen LogP contribution >= 0.6 is 24.4 Å². The van der Waals surface area contributed by atoms with Crippen molar-refractivity contribution in [2.24, 2.45) is 11.8 Å². The molecule has 72 valence electrons. The van der Waals surface area contributed by atoms with E-state index < -0.39 is 0 Å². The maximum absolute atomic E-state index is 5.93. The summed E-state index contributed by atoms with van der Waals surface area (Å²) >= 11 is 6.37. The van der Waals surface area contributed by atoms with E-state index in [4.69, 9.17) is 12.6 Å². The Bertz CT molecular complexity index is 212. The lowest BCUT2D eigenvalue weighted by Gasteiger charge is -2.31. The van der Waals surface area contributed by atoms with Gasteiger partial charge in [0.25, 0.3) is 0 Å². The highest BCUT2D eigenvalue weighted by molar-refractivity contribution is 8.00. The molecule has 0 aromatic heterocycles. The second-order valence-corrected chi connectivity index (χ2v) is 5.83. The van der Waals surface area contributed by atoms with E-state index in [0.717, 1.165) is 11.5 Å². The van der Waals surface area contributed by atoms with Crippen LogP contribution in [-0.2, 0) is 4.74 Å². The van der Waals surface area contributed by atoms with E-state index in [9.17, 15) is 0 Å². The highest BCUT2D eigenvalue weighted by Crippen LogP contribution is 2.54. The molecule has 0 aliphatic carbocycles. The zero-order chi connectivity index (χ0) is 9.64. The Morgan fingerprint density at radius 3 is 2.77 bits per heavy atom. The van der Waals surface area contributed by atoms with E-state index in [-0.39, 0.29) is 11.6 Å². The lowest BCUT2D eigenvalue weighted by Crippen LogP contribution is -2.40. The van der Waals surface area contributed by atoms with Crippen molar-refractivity contribution >= 4 is 32.2 Å². The molecule has 2 unspecified atom stereocenters. The lowest BCUT2D eigenvalue weighted by atomic mass is 9.79. The molecule has 13 heavy (non-hydrogen) atoms. The van der Waals surface area contributed by atoms with E-state index in [1.165, 1.54) is 0 Å². The first kappa shape index (κ1) is 10.2. The summed E-state index contributed by atoms with van der Waals surface area (Å²) < 4.78 is 5.85. The molecule has 2 radical (unpaired) electrons. The molecular weight excluding hydrogens is 199 g/mol. The van der Waals surface area contributed by atoms with E-state index >= 15 is 0 Å². The van der Waals surface area contributed by atoms with Gasteiger partial charge in [-0.25, -0.2) is 0 Å². The summed E-state index contributed by atoms with van der Waals surface area (Å²) in [4.78, 5) is 0. The van der Waals surface area contributed by atoms with Crippen LogP contribution in [0.2, 0.25) is 0 Å². The third-order valence-electron chi connectivity index (χ3n) is 3.16. The maximum atomic E-state index is 5.93. The fourth-order valence-electron chi connectivity index (χ4n) is 2.66. The smallest absolute Gasteiger partial charge is 0.110 e. The Kier molecular flexibility index (Phi) is 2.67. The van der Waals surface area contributed by atoms with Crippen molar-refractivity contribution in [3.63, 3.8) is 0 Å². The number of hydrogen-bond acceptors (Lipinski definition) is 3. The van der Waals surface area contributed by atoms with E-state index in [0.29, 0.717) is 17.1 Å². The third kappa shape index (κ3) is 1.37. The molecule has 2 rings (SSSR count). The van der Waals surface area contributed by atoms with Gasteiger partial charge in [-0.2, -0.15) is 24.4 Å². The molecule has 2 bridgehead atoms. The molecule has 0 aromatic carbocycles. The highest BCUT2D eigenvalue weighted by atomic mass is 32.2. The Morgan fingerprint density at radius 2 is 2.38 bits per heavy atom. The Morgan fingerprint density at radius 1 is 1.69 bits per heavy atom. The molecule has 0 N–H and O–H groups in total. The Hall–Kier alpha value is 0.725. The molecule has 0 aromatic rings. The normalized spacial score (nSPS) is 49.1. The van der Waals surface area contributed by atoms with Crippen molar-refractivity contribution in [1.29, 1.82) is 0 Å². The zero-order valence-corrected chi connectivity index (χ0v) is 9.78. The monoisotopic (exact) mass is 214 g/mol. The predicted molar refractivity (Wildman–Crippen MR) is 61.8 cm³/mol. The van der Waals surface area contributed by atoms with Gasteiger partial charge in [-0.3, -0.25) is 0 Å². The average Bonchev–Trinajstić information content (AvgIpc) is 2.56. The molecule has 2 aliphatic rings. The van der Waals surface area contributed by atoms with Gasteiger partial charge in [-0.15, -0.1) is 0 Å². The van der Waals surface area contributed by atoms with E-state index in [1.807, 2.05) is 11.8 Å². The van der Waals surface area contributed by atoms with Crippen molar-refractivity contribution < 1.29 is 4.74 Å². The predicted octanol–water partition coefficient (Wildman–Crippen LogP) is 1.57. The molecule has 2 aliphatic heterocycles. The molecule has 2 heterocycles. The van der Waals surface area contributed by atoms with Crippen molar-refractivity contribution in [2.45, 2.75) is 30.7 Å². The van der Waals surface area contributed by atoms with Crippen molar-refractivity contribution in [3.05, 3.63) is 0 Å². The SMILES string of the molecule is [B][C@@H]1O[C@@]2(CS)CSC1C2C(C)C. The van der Waals surface area contributed by atoms with Crippen LogP contribution < -0.4 is 0 Å². The third-order valence-corrected chi connectivity index (χ3v) is 5.30. The Labute approximate surface area is 91.2 Å². The van der Waals surface area contributed by atoms with Crippen LogP contribution in [0.25, 0.3) is 0 Å².